The molecule has 3 N–H and O–H groups in total. The molecule has 0 radical (unpaired) electrons. The van der Waals surface area contributed by atoms with E-state index in [9.17, 15) is 4.79 Å². The van der Waals surface area contributed by atoms with Crippen molar-refractivity contribution >= 4 is 5.91 Å². The van der Waals surface area contributed by atoms with Crippen molar-refractivity contribution in [1.82, 2.24) is 15.5 Å². The van der Waals surface area contributed by atoms with E-state index < -0.39 is 5.54 Å². The van der Waals surface area contributed by atoms with Gasteiger partial charge in [-0.1, -0.05) is 5.16 Å². The zero-order chi connectivity index (χ0) is 14.6. The summed E-state index contributed by atoms with van der Waals surface area (Å²) < 4.78 is 10.0. The van der Waals surface area contributed by atoms with E-state index in [2.05, 4.69) is 15.5 Å². The molecular weight excluding hydrogens is 260 g/mol. The first kappa shape index (κ1) is 14.3. The van der Waals surface area contributed by atoms with Crippen LogP contribution in [0.1, 0.15) is 26.2 Å². The van der Waals surface area contributed by atoms with Crippen LogP contribution in [-0.2, 0) is 11.2 Å². The zero-order valence-corrected chi connectivity index (χ0v) is 11.5. The monoisotopic (exact) mass is 278 g/mol. The third-order valence-corrected chi connectivity index (χ3v) is 2.55. The molecule has 20 heavy (non-hydrogen) atoms. The van der Waals surface area contributed by atoms with Crippen LogP contribution in [0.15, 0.2) is 27.5 Å². The highest BCUT2D eigenvalue weighted by Gasteiger charge is 2.14. The summed E-state index contributed by atoms with van der Waals surface area (Å²) in [6, 6.07) is 1.74. The number of furan rings is 1. The van der Waals surface area contributed by atoms with Gasteiger partial charge in [0.05, 0.1) is 11.8 Å². The minimum absolute atomic E-state index is 0.0911. The fourth-order valence-corrected chi connectivity index (χ4v) is 1.50. The van der Waals surface area contributed by atoms with Crippen LogP contribution in [0.5, 0.6) is 0 Å². The second-order valence-electron chi connectivity index (χ2n) is 5.29. The quantitative estimate of drug-likeness (QED) is 0.819. The highest BCUT2D eigenvalue weighted by Crippen LogP contribution is 2.16. The van der Waals surface area contributed by atoms with Crippen molar-refractivity contribution in [3.63, 3.8) is 0 Å². The van der Waals surface area contributed by atoms with Gasteiger partial charge >= 0.3 is 0 Å². The summed E-state index contributed by atoms with van der Waals surface area (Å²) in [5, 5.41) is 6.58. The lowest BCUT2D eigenvalue weighted by Gasteiger charge is -2.18. The van der Waals surface area contributed by atoms with Gasteiger partial charge in [0, 0.05) is 24.9 Å². The summed E-state index contributed by atoms with van der Waals surface area (Å²) in [4.78, 5) is 15.8. The number of rotatable bonds is 6. The van der Waals surface area contributed by atoms with E-state index in [0.717, 1.165) is 5.56 Å². The molecule has 0 atom stereocenters. The van der Waals surface area contributed by atoms with Gasteiger partial charge in [0.25, 0.3) is 0 Å². The molecule has 2 rings (SSSR count). The molecule has 0 spiro atoms. The molecule has 0 aliphatic rings. The van der Waals surface area contributed by atoms with Crippen molar-refractivity contribution in [3.05, 3.63) is 24.5 Å². The molecule has 0 unspecified atom stereocenters. The van der Waals surface area contributed by atoms with Crippen LogP contribution in [0.4, 0.5) is 0 Å². The zero-order valence-electron chi connectivity index (χ0n) is 11.5. The van der Waals surface area contributed by atoms with Gasteiger partial charge < -0.3 is 20.0 Å². The van der Waals surface area contributed by atoms with Gasteiger partial charge in [0.2, 0.25) is 17.6 Å². The Hall–Kier alpha value is -2.15. The van der Waals surface area contributed by atoms with Gasteiger partial charge in [-0.15, -0.1) is 0 Å². The Kier molecular flexibility index (Phi) is 4.19. The molecule has 2 aromatic heterocycles. The van der Waals surface area contributed by atoms with Crippen LogP contribution in [0.2, 0.25) is 0 Å². The second-order valence-corrected chi connectivity index (χ2v) is 5.29. The van der Waals surface area contributed by atoms with E-state index in [1.807, 2.05) is 13.8 Å². The summed E-state index contributed by atoms with van der Waals surface area (Å²) >= 11 is 0. The Bertz CT molecular complexity index is 554. The lowest BCUT2D eigenvalue weighted by atomic mass is 10.1. The minimum atomic E-state index is -0.422. The number of hydrogen-bond donors (Lipinski definition) is 2. The number of nitrogens with zero attached hydrogens (tertiary/aromatic N) is 2. The van der Waals surface area contributed by atoms with Gasteiger partial charge in [0.1, 0.15) is 6.26 Å². The van der Waals surface area contributed by atoms with E-state index in [0.29, 0.717) is 24.7 Å². The van der Waals surface area contributed by atoms with Crippen molar-refractivity contribution in [2.75, 3.05) is 6.54 Å². The van der Waals surface area contributed by atoms with E-state index in [-0.39, 0.29) is 12.3 Å². The third kappa shape index (κ3) is 4.20. The first-order valence-electron chi connectivity index (χ1n) is 6.35. The number of carbonyl (C=O) groups excluding carboxylic acids is 1. The number of aryl methyl sites for hydroxylation is 1. The number of aromatic nitrogens is 2. The topological polar surface area (TPSA) is 107 Å². The average molecular weight is 278 g/mol. The summed E-state index contributed by atoms with van der Waals surface area (Å²) in [7, 11) is 0. The van der Waals surface area contributed by atoms with Crippen LogP contribution in [0.25, 0.3) is 11.4 Å². The maximum atomic E-state index is 11.6. The van der Waals surface area contributed by atoms with Crippen LogP contribution in [-0.4, -0.2) is 28.1 Å². The number of carbonyl (C=O) groups is 1. The number of nitrogens with one attached hydrogen (secondary N) is 1. The van der Waals surface area contributed by atoms with Crippen molar-refractivity contribution in [2.45, 2.75) is 32.2 Å². The van der Waals surface area contributed by atoms with Crippen LogP contribution in [0.3, 0.4) is 0 Å². The molecule has 7 heteroatoms. The predicted molar refractivity (Wildman–Crippen MR) is 71.6 cm³/mol. The van der Waals surface area contributed by atoms with Gasteiger partial charge in [-0.25, -0.2) is 0 Å². The Morgan fingerprint density at radius 1 is 1.50 bits per heavy atom. The summed E-state index contributed by atoms with van der Waals surface area (Å²) in [5.41, 5.74) is 6.11. The van der Waals surface area contributed by atoms with Crippen molar-refractivity contribution < 1.29 is 13.7 Å². The number of hydrogen-bond acceptors (Lipinski definition) is 6. The molecule has 1 amide bonds. The van der Waals surface area contributed by atoms with Gasteiger partial charge in [-0.2, -0.15) is 4.98 Å². The molecular formula is C13H18N4O3. The molecule has 2 heterocycles. The van der Waals surface area contributed by atoms with Crippen molar-refractivity contribution in [3.8, 4) is 11.4 Å². The number of amides is 1. The maximum Gasteiger partial charge on any atom is 0.227 e. The third-order valence-electron chi connectivity index (χ3n) is 2.55. The van der Waals surface area contributed by atoms with Gasteiger partial charge in [-0.3, -0.25) is 4.79 Å². The lowest BCUT2D eigenvalue weighted by molar-refractivity contribution is -0.121. The molecule has 0 aromatic carbocycles. The van der Waals surface area contributed by atoms with Crippen LogP contribution in [0, 0.1) is 0 Å². The van der Waals surface area contributed by atoms with Crippen LogP contribution < -0.4 is 11.1 Å². The van der Waals surface area contributed by atoms with Crippen molar-refractivity contribution in [1.29, 1.82) is 0 Å². The highest BCUT2D eigenvalue weighted by molar-refractivity contribution is 5.76. The normalized spacial score (nSPS) is 11.6. The number of nitrogens with two attached hydrogens (primary N) is 1. The fourth-order valence-electron chi connectivity index (χ4n) is 1.50. The summed E-state index contributed by atoms with van der Waals surface area (Å²) in [6.45, 7) is 4.13. The van der Waals surface area contributed by atoms with E-state index in [1.165, 1.54) is 12.5 Å². The molecule has 0 aliphatic heterocycles. The standard InChI is InChI=1S/C13H18N4O3/c1-13(2,14)8-15-10(18)3-4-11-16-12(17-20-11)9-5-6-19-7-9/h5-7H,3-4,8,14H2,1-2H3,(H,15,18). The summed E-state index contributed by atoms with van der Waals surface area (Å²) in [5.74, 6) is 0.784. The molecule has 7 nitrogen and oxygen atoms in total. The largest absolute Gasteiger partial charge is 0.472 e. The van der Waals surface area contributed by atoms with E-state index in [4.69, 9.17) is 14.7 Å². The Balaban J connectivity index is 1.81. The fraction of sp³-hybridized carbons (Fsp3) is 0.462. The van der Waals surface area contributed by atoms with Gasteiger partial charge in [-0.05, 0) is 19.9 Å². The first-order chi connectivity index (χ1) is 9.44. The molecule has 2 aromatic rings. The molecule has 0 aliphatic carbocycles. The van der Waals surface area contributed by atoms with Gasteiger partial charge in [0.15, 0.2) is 0 Å². The predicted octanol–water partition coefficient (Wildman–Crippen LogP) is 1.12. The van der Waals surface area contributed by atoms with E-state index in [1.54, 1.807) is 6.07 Å². The smallest absolute Gasteiger partial charge is 0.227 e. The SMILES string of the molecule is CC(C)(N)CNC(=O)CCc1nc(-c2ccoc2)no1. The Morgan fingerprint density at radius 3 is 2.95 bits per heavy atom. The first-order valence-corrected chi connectivity index (χ1v) is 6.35. The summed E-state index contributed by atoms with van der Waals surface area (Å²) in [6.07, 6.45) is 3.74. The molecule has 0 saturated heterocycles. The van der Waals surface area contributed by atoms with E-state index >= 15 is 0 Å². The molecule has 0 bridgehead atoms. The highest BCUT2D eigenvalue weighted by atomic mass is 16.5. The maximum absolute atomic E-state index is 11.6. The van der Waals surface area contributed by atoms with Crippen molar-refractivity contribution in [2.24, 2.45) is 5.73 Å². The Labute approximate surface area is 116 Å². The molecule has 0 saturated carbocycles. The Morgan fingerprint density at radius 2 is 2.30 bits per heavy atom. The molecule has 108 valence electrons. The lowest BCUT2D eigenvalue weighted by Crippen LogP contribution is -2.45. The second kappa shape index (κ2) is 5.87. The van der Waals surface area contributed by atoms with Crippen LogP contribution >= 0.6 is 0 Å². The molecule has 0 fully saturated rings. The minimum Gasteiger partial charge on any atom is -0.472 e. The average Bonchev–Trinajstić information content (AvgIpc) is 3.03.